The fourth-order valence-electron chi connectivity index (χ4n) is 7.56. The molecule has 7 aromatic carbocycles. The second-order valence-electron chi connectivity index (χ2n) is 12.7. The molecule has 10 rings (SSSR count). The number of benzene rings is 7. The van der Waals surface area contributed by atoms with Gasteiger partial charge in [0.25, 0.3) is 0 Å². The Labute approximate surface area is 289 Å². The molecule has 4 heteroatoms. The van der Waals surface area contributed by atoms with E-state index in [-0.39, 0.29) is 0 Å². The average molecular weight is 639 g/mol. The zero-order valence-electron chi connectivity index (χ0n) is 27.1. The zero-order chi connectivity index (χ0) is 33.0. The molecule has 3 aromatic heterocycles. The molecular weight excluding hydrogens is 609 g/mol. The fourth-order valence-corrected chi connectivity index (χ4v) is 7.56. The number of rotatable bonds is 5. The van der Waals surface area contributed by atoms with Gasteiger partial charge < -0.3 is 4.57 Å². The minimum atomic E-state index is 0.652. The van der Waals surface area contributed by atoms with Gasteiger partial charge in [-0.1, -0.05) is 121 Å². The van der Waals surface area contributed by atoms with Crippen LogP contribution in [0.2, 0.25) is 0 Å². The highest BCUT2D eigenvalue weighted by molar-refractivity contribution is 6.12. The van der Waals surface area contributed by atoms with Crippen LogP contribution >= 0.6 is 0 Å². The summed E-state index contributed by atoms with van der Waals surface area (Å²) in [6.45, 7) is 0. The van der Waals surface area contributed by atoms with Crippen molar-refractivity contribution in [3.8, 4) is 45.1 Å². The highest BCUT2D eigenvalue weighted by Crippen LogP contribution is 2.38. The Morgan fingerprint density at radius 3 is 1.56 bits per heavy atom. The van der Waals surface area contributed by atoms with Crippen LogP contribution < -0.4 is 0 Å². The monoisotopic (exact) mass is 638 g/mol. The van der Waals surface area contributed by atoms with Gasteiger partial charge in [-0.3, -0.25) is 4.57 Å². The summed E-state index contributed by atoms with van der Waals surface area (Å²) in [4.78, 5) is 10.0. The maximum absolute atomic E-state index is 5.19. The smallest absolute Gasteiger partial charge is 0.235 e. The predicted octanol–water partition coefficient (Wildman–Crippen LogP) is 11.7. The van der Waals surface area contributed by atoms with Crippen LogP contribution in [0.15, 0.2) is 182 Å². The molecule has 0 bridgehead atoms. The normalized spacial score (nSPS) is 11.6. The van der Waals surface area contributed by atoms with Gasteiger partial charge in [-0.15, -0.1) is 0 Å². The number of fused-ring (bicyclic) bond motifs is 6. The topological polar surface area (TPSA) is 35.6 Å². The van der Waals surface area contributed by atoms with E-state index < -0.39 is 0 Å². The molecule has 3 heterocycles. The van der Waals surface area contributed by atoms with Crippen LogP contribution in [-0.2, 0) is 0 Å². The Hall–Kier alpha value is -6.78. The Bertz CT molecular complexity index is 2860. The summed E-state index contributed by atoms with van der Waals surface area (Å²) in [5.74, 6) is 0.652. The van der Waals surface area contributed by atoms with Crippen LogP contribution in [0.5, 0.6) is 0 Å². The van der Waals surface area contributed by atoms with Crippen molar-refractivity contribution in [2.45, 2.75) is 0 Å². The maximum atomic E-state index is 5.19. The van der Waals surface area contributed by atoms with E-state index in [4.69, 9.17) is 9.97 Å². The van der Waals surface area contributed by atoms with Crippen LogP contribution in [-0.4, -0.2) is 19.1 Å². The van der Waals surface area contributed by atoms with E-state index in [9.17, 15) is 0 Å². The highest BCUT2D eigenvalue weighted by Gasteiger charge is 2.18. The molecule has 234 valence electrons. The number of para-hydroxylation sites is 3. The van der Waals surface area contributed by atoms with E-state index in [0.717, 1.165) is 39.1 Å². The summed E-state index contributed by atoms with van der Waals surface area (Å²) >= 11 is 0. The molecule has 0 spiro atoms. The first-order valence-corrected chi connectivity index (χ1v) is 16.9. The van der Waals surface area contributed by atoms with E-state index in [0.29, 0.717) is 5.95 Å². The third kappa shape index (κ3) is 4.46. The average Bonchev–Trinajstić information content (AvgIpc) is 3.71. The van der Waals surface area contributed by atoms with Gasteiger partial charge in [0.2, 0.25) is 5.95 Å². The summed E-state index contributed by atoms with van der Waals surface area (Å²) < 4.78 is 4.55. The first-order chi connectivity index (χ1) is 24.8. The second kappa shape index (κ2) is 11.4. The van der Waals surface area contributed by atoms with Crippen molar-refractivity contribution >= 4 is 43.6 Å². The number of nitrogens with zero attached hydrogens (tertiary/aromatic N) is 4. The summed E-state index contributed by atoms with van der Waals surface area (Å²) in [7, 11) is 0. The van der Waals surface area contributed by atoms with E-state index in [1.807, 2.05) is 18.3 Å². The molecule has 4 nitrogen and oxygen atoms in total. The summed E-state index contributed by atoms with van der Waals surface area (Å²) in [5.41, 5.74) is 12.4. The quantitative estimate of drug-likeness (QED) is 0.188. The van der Waals surface area contributed by atoms with Gasteiger partial charge in [0, 0.05) is 39.0 Å². The standard InChI is InChI=1S/C46H30N4/c1-3-13-31(14-4-1)35-17-7-8-18-36(35)41-27-28-47-46(48-41)50-43-22-12-10-20-38(43)40-30-33(24-26-45(40)50)32-23-25-44-39(29-32)37-19-9-11-21-42(37)49(44)34-15-5-2-6-16-34/h1-30H. The van der Waals surface area contributed by atoms with Crippen LogP contribution in [0.4, 0.5) is 0 Å². The lowest BCUT2D eigenvalue weighted by Crippen LogP contribution is -2.02. The lowest BCUT2D eigenvalue weighted by molar-refractivity contribution is 0.992. The number of hydrogen-bond donors (Lipinski definition) is 0. The van der Waals surface area contributed by atoms with Crippen molar-refractivity contribution in [2.75, 3.05) is 0 Å². The van der Waals surface area contributed by atoms with Gasteiger partial charge in [-0.25, -0.2) is 9.97 Å². The molecule has 0 aliphatic carbocycles. The van der Waals surface area contributed by atoms with Crippen molar-refractivity contribution in [2.24, 2.45) is 0 Å². The predicted molar refractivity (Wildman–Crippen MR) is 207 cm³/mol. The molecule has 0 radical (unpaired) electrons. The molecule has 0 unspecified atom stereocenters. The molecule has 0 aliphatic rings. The fraction of sp³-hybridized carbons (Fsp3) is 0. The Morgan fingerprint density at radius 1 is 0.360 bits per heavy atom. The van der Waals surface area contributed by atoms with Gasteiger partial charge in [-0.2, -0.15) is 0 Å². The summed E-state index contributed by atoms with van der Waals surface area (Å²) in [5, 5.41) is 4.83. The van der Waals surface area contributed by atoms with Crippen molar-refractivity contribution in [1.82, 2.24) is 19.1 Å². The molecule has 0 aliphatic heterocycles. The van der Waals surface area contributed by atoms with Crippen molar-refractivity contribution < 1.29 is 0 Å². The van der Waals surface area contributed by atoms with Crippen molar-refractivity contribution in [3.05, 3.63) is 182 Å². The number of hydrogen-bond acceptors (Lipinski definition) is 2. The minimum absolute atomic E-state index is 0.652. The molecule has 0 atom stereocenters. The van der Waals surface area contributed by atoms with E-state index in [2.05, 4.69) is 173 Å². The number of aromatic nitrogens is 4. The van der Waals surface area contributed by atoms with Crippen molar-refractivity contribution in [1.29, 1.82) is 0 Å². The first kappa shape index (κ1) is 28.3. The largest absolute Gasteiger partial charge is 0.309 e. The molecular formula is C46H30N4. The van der Waals surface area contributed by atoms with Crippen LogP contribution in [0.1, 0.15) is 0 Å². The molecule has 0 saturated heterocycles. The maximum Gasteiger partial charge on any atom is 0.235 e. The van der Waals surface area contributed by atoms with Gasteiger partial charge in [0.15, 0.2) is 0 Å². The zero-order valence-corrected chi connectivity index (χ0v) is 27.1. The van der Waals surface area contributed by atoms with Gasteiger partial charge in [-0.05, 0) is 76.9 Å². The Kier molecular flexibility index (Phi) is 6.46. The third-order valence-corrected chi connectivity index (χ3v) is 9.82. The third-order valence-electron chi connectivity index (χ3n) is 9.82. The Morgan fingerprint density at radius 2 is 0.880 bits per heavy atom. The molecule has 0 N–H and O–H groups in total. The molecule has 0 amide bonds. The highest BCUT2D eigenvalue weighted by atomic mass is 15.2. The van der Waals surface area contributed by atoms with Gasteiger partial charge >= 0.3 is 0 Å². The van der Waals surface area contributed by atoms with Crippen molar-refractivity contribution in [3.63, 3.8) is 0 Å². The summed E-state index contributed by atoms with van der Waals surface area (Å²) in [6.07, 6.45) is 1.87. The van der Waals surface area contributed by atoms with Gasteiger partial charge in [0.1, 0.15) is 0 Å². The molecule has 0 fully saturated rings. The van der Waals surface area contributed by atoms with Crippen LogP contribution in [0.3, 0.4) is 0 Å². The SMILES string of the molecule is c1ccc(-c2ccccc2-c2ccnc(-n3c4ccccc4c4cc(-c5ccc6c(c5)c5ccccc5n6-c5ccccc5)ccc43)n2)cc1. The van der Waals surface area contributed by atoms with Crippen LogP contribution in [0.25, 0.3) is 88.8 Å². The second-order valence-corrected chi connectivity index (χ2v) is 12.7. The van der Waals surface area contributed by atoms with E-state index in [1.165, 1.54) is 43.7 Å². The lowest BCUT2D eigenvalue weighted by atomic mass is 9.98. The Balaban J connectivity index is 1.12. The minimum Gasteiger partial charge on any atom is -0.309 e. The molecule has 10 aromatic rings. The van der Waals surface area contributed by atoms with Crippen LogP contribution in [0, 0.1) is 0 Å². The lowest BCUT2D eigenvalue weighted by Gasteiger charge is -2.12. The molecule has 50 heavy (non-hydrogen) atoms. The van der Waals surface area contributed by atoms with E-state index in [1.54, 1.807) is 0 Å². The summed E-state index contributed by atoms with van der Waals surface area (Å²) in [6, 6.07) is 62.4. The van der Waals surface area contributed by atoms with Gasteiger partial charge in [0.05, 0.1) is 27.8 Å². The molecule has 0 saturated carbocycles. The van der Waals surface area contributed by atoms with E-state index >= 15 is 0 Å². The first-order valence-electron chi connectivity index (χ1n) is 16.9.